The van der Waals surface area contributed by atoms with E-state index in [-0.39, 0.29) is 16.0 Å². The van der Waals surface area contributed by atoms with Crippen LogP contribution in [0.1, 0.15) is 26.3 Å². The largest absolute Gasteiger partial charge is 0.308 e. The summed E-state index contributed by atoms with van der Waals surface area (Å²) in [4.78, 5) is 4.22. The first-order chi connectivity index (χ1) is 8.34. The van der Waals surface area contributed by atoms with Crippen LogP contribution in [0.3, 0.4) is 0 Å². The Labute approximate surface area is 110 Å². The molecule has 0 saturated carbocycles. The Hall–Kier alpha value is -1.39. The summed E-state index contributed by atoms with van der Waals surface area (Å²) in [6.45, 7) is 6.13. The van der Waals surface area contributed by atoms with Crippen molar-refractivity contribution in [1.29, 1.82) is 0 Å². The molecule has 1 aromatic heterocycles. The van der Waals surface area contributed by atoms with Crippen LogP contribution in [0.15, 0.2) is 18.2 Å². The summed E-state index contributed by atoms with van der Waals surface area (Å²) < 4.78 is 13.9. The van der Waals surface area contributed by atoms with Gasteiger partial charge in [0.05, 0.1) is 5.02 Å². The fourth-order valence-corrected chi connectivity index (χ4v) is 2.02. The van der Waals surface area contributed by atoms with Crippen molar-refractivity contribution in [1.82, 2.24) is 4.98 Å². The minimum absolute atomic E-state index is 0.0569. The molecular weight excluding hydrogens is 253 g/mol. The van der Waals surface area contributed by atoms with Gasteiger partial charge in [0.2, 0.25) is 0 Å². The Morgan fingerprint density at radius 3 is 2.56 bits per heavy atom. The fourth-order valence-electron chi connectivity index (χ4n) is 1.86. The summed E-state index contributed by atoms with van der Waals surface area (Å²) in [7, 11) is 0. The van der Waals surface area contributed by atoms with Gasteiger partial charge in [-0.1, -0.05) is 38.4 Å². The van der Waals surface area contributed by atoms with Gasteiger partial charge in [-0.05, 0) is 17.5 Å². The second kappa shape index (κ2) is 4.37. The monoisotopic (exact) mass is 267 g/mol. The first-order valence-electron chi connectivity index (χ1n) is 5.60. The molecule has 0 unspecified atom stereocenters. The number of nitrogens with zero attached hydrogens (tertiary/aromatic N) is 1. The number of nitrogens with two attached hydrogens (primary N) is 1. The number of hydrogen-bond acceptors (Lipinski definition) is 3. The van der Waals surface area contributed by atoms with Crippen molar-refractivity contribution in [3.05, 3.63) is 34.6 Å². The van der Waals surface area contributed by atoms with Crippen LogP contribution in [-0.4, -0.2) is 4.98 Å². The highest BCUT2D eigenvalue weighted by Gasteiger charge is 2.21. The van der Waals surface area contributed by atoms with E-state index in [9.17, 15) is 4.39 Å². The molecule has 0 aliphatic rings. The number of hydrazine groups is 1. The molecule has 0 radical (unpaired) electrons. The van der Waals surface area contributed by atoms with Gasteiger partial charge < -0.3 is 5.43 Å². The first kappa shape index (κ1) is 13.1. The van der Waals surface area contributed by atoms with Crippen molar-refractivity contribution in [3.63, 3.8) is 0 Å². The molecule has 0 saturated heterocycles. The van der Waals surface area contributed by atoms with E-state index in [2.05, 4.69) is 10.4 Å². The van der Waals surface area contributed by atoms with E-state index < -0.39 is 5.82 Å². The average molecular weight is 268 g/mol. The molecule has 5 heteroatoms. The number of fused-ring (bicyclic) bond motifs is 1. The van der Waals surface area contributed by atoms with Crippen LogP contribution in [0.2, 0.25) is 5.02 Å². The standard InChI is InChI=1S/C13H15ClFN3/c1-13(2,3)8-6-7-4-5-9(14)10(15)11(7)17-12(8)18-16/h4-6H,16H2,1-3H3,(H,17,18). The summed E-state index contributed by atoms with van der Waals surface area (Å²) in [5.41, 5.74) is 3.54. The van der Waals surface area contributed by atoms with Gasteiger partial charge in [-0.3, -0.25) is 0 Å². The molecule has 96 valence electrons. The smallest absolute Gasteiger partial charge is 0.168 e. The summed E-state index contributed by atoms with van der Waals surface area (Å²) in [5.74, 6) is 5.41. The first-order valence-corrected chi connectivity index (χ1v) is 5.98. The van der Waals surface area contributed by atoms with Crippen LogP contribution < -0.4 is 11.3 Å². The van der Waals surface area contributed by atoms with E-state index in [0.717, 1.165) is 5.56 Å². The lowest BCUT2D eigenvalue weighted by molar-refractivity contribution is 0.589. The number of nitrogens with one attached hydrogen (secondary N) is 1. The average Bonchev–Trinajstić information content (AvgIpc) is 2.31. The van der Waals surface area contributed by atoms with Crippen LogP contribution in [0.4, 0.5) is 10.2 Å². The topological polar surface area (TPSA) is 50.9 Å². The number of halogens is 2. The molecule has 1 aromatic carbocycles. The maximum atomic E-state index is 13.9. The highest BCUT2D eigenvalue weighted by atomic mass is 35.5. The number of hydrogen-bond donors (Lipinski definition) is 2. The third-order valence-corrected chi connectivity index (χ3v) is 3.12. The predicted molar refractivity (Wildman–Crippen MR) is 73.2 cm³/mol. The summed E-state index contributed by atoms with van der Waals surface area (Å²) in [5, 5.41) is 0.766. The second-order valence-electron chi connectivity index (χ2n) is 5.21. The van der Waals surface area contributed by atoms with Gasteiger partial charge in [-0.15, -0.1) is 0 Å². The maximum absolute atomic E-state index is 13.9. The lowest BCUT2D eigenvalue weighted by Crippen LogP contribution is -2.19. The molecule has 0 amide bonds. The van der Waals surface area contributed by atoms with Gasteiger partial charge >= 0.3 is 0 Å². The summed E-state index contributed by atoms with van der Waals surface area (Å²) >= 11 is 5.75. The van der Waals surface area contributed by atoms with E-state index in [4.69, 9.17) is 17.4 Å². The number of nitrogen functional groups attached to an aromatic ring is 1. The summed E-state index contributed by atoms with van der Waals surface area (Å²) in [6.07, 6.45) is 0. The van der Waals surface area contributed by atoms with Crippen LogP contribution in [0.25, 0.3) is 10.9 Å². The van der Waals surface area contributed by atoms with Crippen molar-refractivity contribution in [2.24, 2.45) is 5.84 Å². The Bertz CT molecular complexity index is 605. The quantitative estimate of drug-likeness (QED) is 0.613. The van der Waals surface area contributed by atoms with Gasteiger partial charge in [0.25, 0.3) is 0 Å². The molecule has 0 fully saturated rings. The fraction of sp³-hybridized carbons (Fsp3) is 0.308. The molecule has 0 aliphatic carbocycles. The van der Waals surface area contributed by atoms with Crippen molar-refractivity contribution in [3.8, 4) is 0 Å². The molecule has 0 atom stereocenters. The van der Waals surface area contributed by atoms with Gasteiger partial charge in [-0.2, -0.15) is 0 Å². The number of anilines is 1. The Morgan fingerprint density at radius 2 is 2.00 bits per heavy atom. The van der Waals surface area contributed by atoms with Crippen LogP contribution >= 0.6 is 11.6 Å². The van der Waals surface area contributed by atoms with E-state index in [1.165, 1.54) is 6.07 Å². The number of pyridine rings is 1. The van der Waals surface area contributed by atoms with Gasteiger partial charge in [0.1, 0.15) is 11.3 Å². The normalized spacial score (nSPS) is 11.9. The molecule has 3 N–H and O–H groups in total. The molecule has 18 heavy (non-hydrogen) atoms. The molecule has 0 spiro atoms. The van der Waals surface area contributed by atoms with Crippen LogP contribution in [0.5, 0.6) is 0 Å². The second-order valence-corrected chi connectivity index (χ2v) is 5.62. The highest BCUT2D eigenvalue weighted by molar-refractivity contribution is 6.31. The Morgan fingerprint density at radius 1 is 1.33 bits per heavy atom. The van der Waals surface area contributed by atoms with E-state index in [0.29, 0.717) is 11.2 Å². The molecular formula is C13H15ClFN3. The highest BCUT2D eigenvalue weighted by Crippen LogP contribution is 2.32. The van der Waals surface area contributed by atoms with Crippen molar-refractivity contribution in [2.75, 3.05) is 5.43 Å². The number of rotatable bonds is 1. The van der Waals surface area contributed by atoms with E-state index >= 15 is 0 Å². The van der Waals surface area contributed by atoms with E-state index in [1.807, 2.05) is 26.8 Å². The maximum Gasteiger partial charge on any atom is 0.168 e. The van der Waals surface area contributed by atoms with Gasteiger partial charge in [0.15, 0.2) is 5.82 Å². The Balaban J connectivity index is 2.81. The minimum Gasteiger partial charge on any atom is -0.308 e. The Kier molecular flexibility index (Phi) is 3.17. The number of aromatic nitrogens is 1. The minimum atomic E-state index is -0.522. The summed E-state index contributed by atoms with van der Waals surface area (Å²) in [6, 6.07) is 5.17. The molecule has 0 aliphatic heterocycles. The third kappa shape index (κ3) is 2.13. The van der Waals surface area contributed by atoms with Gasteiger partial charge in [0, 0.05) is 10.9 Å². The SMILES string of the molecule is CC(C)(C)c1cc2ccc(Cl)c(F)c2nc1NN. The lowest BCUT2D eigenvalue weighted by atomic mass is 9.86. The zero-order valence-corrected chi connectivity index (χ0v) is 11.3. The molecule has 1 heterocycles. The lowest BCUT2D eigenvalue weighted by Gasteiger charge is -2.22. The third-order valence-electron chi connectivity index (χ3n) is 2.82. The molecule has 2 aromatic rings. The zero-order chi connectivity index (χ0) is 13.5. The molecule has 2 rings (SSSR count). The number of benzene rings is 1. The van der Waals surface area contributed by atoms with Crippen molar-refractivity contribution >= 4 is 28.3 Å². The van der Waals surface area contributed by atoms with Crippen molar-refractivity contribution < 1.29 is 4.39 Å². The molecule has 0 bridgehead atoms. The van der Waals surface area contributed by atoms with Crippen LogP contribution in [0, 0.1) is 5.82 Å². The zero-order valence-electron chi connectivity index (χ0n) is 10.5. The van der Waals surface area contributed by atoms with E-state index in [1.54, 1.807) is 6.07 Å². The van der Waals surface area contributed by atoms with Crippen molar-refractivity contribution in [2.45, 2.75) is 26.2 Å². The predicted octanol–water partition coefficient (Wildman–Crippen LogP) is 3.61. The molecule has 3 nitrogen and oxygen atoms in total. The van der Waals surface area contributed by atoms with Crippen LogP contribution in [-0.2, 0) is 5.41 Å². The van der Waals surface area contributed by atoms with Gasteiger partial charge in [-0.25, -0.2) is 15.2 Å².